The molecule has 4 heterocycles. The number of hydrogen-bond donors (Lipinski definition) is 3. The number of fused-ring (bicyclic) bond motifs is 3. The first-order valence-corrected chi connectivity index (χ1v) is 12.7. The fourth-order valence-electron chi connectivity index (χ4n) is 4.24. The average molecular weight is 485 g/mol. The van der Waals surface area contributed by atoms with Gasteiger partial charge in [0.1, 0.15) is 0 Å². The normalized spacial score (nSPS) is 19.7. The zero-order valence-corrected chi connectivity index (χ0v) is 18.5. The summed E-state index contributed by atoms with van der Waals surface area (Å²) in [5.74, 6) is 0. The summed E-state index contributed by atoms with van der Waals surface area (Å²) in [5, 5.41) is 4.67. The van der Waals surface area contributed by atoms with E-state index in [0.29, 0.717) is 39.5 Å². The van der Waals surface area contributed by atoms with Gasteiger partial charge in [0.05, 0.1) is 16.7 Å². The molecule has 0 amide bonds. The van der Waals surface area contributed by atoms with Gasteiger partial charge in [-0.1, -0.05) is 0 Å². The number of nitrogens with zero attached hydrogens (tertiary/aromatic N) is 2. The number of benzene rings is 1. The molecule has 1 atom stereocenters. The van der Waals surface area contributed by atoms with Gasteiger partial charge in [0.25, 0.3) is 0 Å². The van der Waals surface area contributed by atoms with E-state index in [2.05, 4.69) is 15.3 Å². The minimum absolute atomic E-state index is 0.0793. The molecule has 170 valence electrons. The second-order valence-electron chi connectivity index (χ2n) is 7.75. The van der Waals surface area contributed by atoms with Crippen molar-refractivity contribution < 1.29 is 21.6 Å². The van der Waals surface area contributed by atoms with E-state index in [-0.39, 0.29) is 21.7 Å². The van der Waals surface area contributed by atoms with Crippen LogP contribution in [0, 0.1) is 6.92 Å². The third-order valence-electron chi connectivity index (χ3n) is 5.67. The van der Waals surface area contributed by atoms with Gasteiger partial charge in [0, 0.05) is 11.0 Å². The molecule has 0 bridgehead atoms. The zero-order valence-electron chi connectivity index (χ0n) is 16.8. The molecule has 0 saturated heterocycles. The van der Waals surface area contributed by atoms with Crippen LogP contribution in [0.15, 0.2) is 38.5 Å². The lowest BCUT2D eigenvalue weighted by Crippen LogP contribution is -2.30. The Labute approximate surface area is 183 Å². The molecular formula is C20H19F3N4O3S2. The molecular weight excluding hydrogens is 465 g/mol. The number of hydrogen-bond acceptors (Lipinski definition) is 5. The van der Waals surface area contributed by atoms with Crippen molar-refractivity contribution in [1.82, 2.24) is 19.3 Å². The number of aromatic amines is 1. The smallest absolute Gasteiger partial charge is 0.321 e. The largest absolute Gasteiger partial charge is 0.517 e. The average Bonchev–Trinajstić information content (AvgIpc) is 3.19. The van der Waals surface area contributed by atoms with Crippen molar-refractivity contribution in [3.63, 3.8) is 0 Å². The molecule has 1 unspecified atom stereocenters. The first kappa shape index (κ1) is 21.3. The van der Waals surface area contributed by atoms with Crippen LogP contribution in [0.2, 0.25) is 0 Å². The lowest BCUT2D eigenvalue weighted by molar-refractivity contribution is -0.0447. The maximum absolute atomic E-state index is 13.7. The van der Waals surface area contributed by atoms with E-state index >= 15 is 0 Å². The first-order chi connectivity index (χ1) is 15.1. The molecule has 0 radical (unpaired) electrons. The van der Waals surface area contributed by atoms with Gasteiger partial charge in [-0.15, -0.1) is 10.9 Å². The van der Waals surface area contributed by atoms with Crippen molar-refractivity contribution in [3.8, 4) is 0 Å². The fourth-order valence-corrected chi connectivity index (χ4v) is 7.83. The van der Waals surface area contributed by atoms with Crippen LogP contribution < -0.4 is 10.9 Å². The number of aromatic nitrogens is 3. The number of pyridine rings is 1. The number of imidazole rings is 1. The number of nitrogens with one attached hydrogen (secondary N) is 2. The number of halogens is 3. The molecule has 5 rings (SSSR count). The van der Waals surface area contributed by atoms with E-state index in [1.165, 1.54) is 12.1 Å². The number of H-pyrrole nitrogens is 1. The van der Waals surface area contributed by atoms with Crippen LogP contribution in [0.1, 0.15) is 22.4 Å². The topological polar surface area (TPSA) is 96.8 Å². The summed E-state index contributed by atoms with van der Waals surface area (Å²) >= 11 is 0. The summed E-state index contributed by atoms with van der Waals surface area (Å²) in [5.41, 5.74) is -2.91. The molecule has 0 aliphatic carbocycles. The summed E-state index contributed by atoms with van der Waals surface area (Å²) in [6.07, 6.45) is 2.85. The van der Waals surface area contributed by atoms with Gasteiger partial charge in [-0.25, -0.2) is 8.96 Å². The molecule has 2 aliphatic rings. The van der Waals surface area contributed by atoms with Crippen molar-refractivity contribution in [3.05, 3.63) is 56.3 Å². The lowest BCUT2D eigenvalue weighted by atomic mass is 10.0. The van der Waals surface area contributed by atoms with Crippen LogP contribution in [0.3, 0.4) is 0 Å². The van der Waals surface area contributed by atoms with Gasteiger partial charge in [-0.2, -0.15) is 21.6 Å². The number of rotatable bonds is 2. The van der Waals surface area contributed by atoms with Crippen LogP contribution >= 0.6 is 10.9 Å². The highest BCUT2D eigenvalue weighted by Crippen LogP contribution is 2.53. The second-order valence-corrected chi connectivity index (χ2v) is 11.4. The standard InChI is InChI=1S/C20H19F3N4O3S2/c1-11-8-17(28)25-14-4-7-31(18(11)14)19-26-15-9-12-2-5-24-6-3-13(12)10-16(15)27(19)32(29,30)20(21,22)23/h4,7-10,24,31H,2-3,5-6H2,1H3,(H,25,28). The lowest BCUT2D eigenvalue weighted by Gasteiger charge is -2.19. The molecule has 3 aromatic rings. The predicted molar refractivity (Wildman–Crippen MR) is 117 cm³/mol. The van der Waals surface area contributed by atoms with E-state index in [1.807, 2.05) is 0 Å². The Bertz CT molecular complexity index is 1460. The second kappa shape index (κ2) is 7.22. The third-order valence-corrected chi connectivity index (χ3v) is 9.50. The van der Waals surface area contributed by atoms with Crippen LogP contribution in [0.5, 0.6) is 0 Å². The molecule has 2 N–H and O–H groups in total. The Morgan fingerprint density at radius 3 is 2.50 bits per heavy atom. The molecule has 32 heavy (non-hydrogen) atoms. The highest BCUT2D eigenvalue weighted by molar-refractivity contribution is 8.20. The van der Waals surface area contributed by atoms with E-state index in [0.717, 1.165) is 17.7 Å². The molecule has 2 aromatic heterocycles. The monoisotopic (exact) mass is 484 g/mol. The fraction of sp³-hybridized carbons (Fsp3) is 0.300. The molecule has 2 aliphatic heterocycles. The van der Waals surface area contributed by atoms with Crippen LogP contribution in [-0.4, -0.2) is 41.0 Å². The molecule has 0 saturated carbocycles. The van der Waals surface area contributed by atoms with Gasteiger partial charge in [0.15, 0.2) is 5.16 Å². The first-order valence-electron chi connectivity index (χ1n) is 9.86. The van der Waals surface area contributed by atoms with Crippen LogP contribution in [0.4, 0.5) is 13.2 Å². The van der Waals surface area contributed by atoms with Gasteiger partial charge < -0.3 is 10.3 Å². The SMILES string of the molecule is Cc1cc(=O)[nH]c2c1[SH](c1nc3cc4c(cc3n1S(=O)(=O)C(F)(F)F)CCNCC4)C=C2. The van der Waals surface area contributed by atoms with Gasteiger partial charge >= 0.3 is 15.5 Å². The van der Waals surface area contributed by atoms with Crippen molar-refractivity contribution >= 4 is 38.0 Å². The van der Waals surface area contributed by atoms with Crippen molar-refractivity contribution in [1.29, 1.82) is 0 Å². The molecule has 12 heteroatoms. The zero-order chi connectivity index (χ0) is 22.8. The van der Waals surface area contributed by atoms with Gasteiger partial charge in [-0.3, -0.25) is 4.79 Å². The quantitative estimate of drug-likeness (QED) is 0.486. The highest BCUT2D eigenvalue weighted by atomic mass is 32.2. The maximum Gasteiger partial charge on any atom is 0.517 e. The molecule has 0 spiro atoms. The third kappa shape index (κ3) is 3.20. The van der Waals surface area contributed by atoms with Crippen LogP contribution in [-0.2, 0) is 22.9 Å². The number of aryl methyl sites for hydroxylation is 1. The van der Waals surface area contributed by atoms with Gasteiger partial charge in [0.2, 0.25) is 5.56 Å². The Morgan fingerprint density at radius 2 is 1.81 bits per heavy atom. The Hall–Kier alpha value is -2.57. The summed E-state index contributed by atoms with van der Waals surface area (Å²) in [6, 6.07) is 4.56. The summed E-state index contributed by atoms with van der Waals surface area (Å²) in [6.45, 7) is 3.06. The van der Waals surface area contributed by atoms with Crippen molar-refractivity contribution in [2.45, 2.75) is 35.3 Å². The Morgan fingerprint density at radius 1 is 1.12 bits per heavy atom. The van der Waals surface area contributed by atoms with E-state index in [9.17, 15) is 26.4 Å². The van der Waals surface area contributed by atoms with Crippen LogP contribution in [0.25, 0.3) is 17.1 Å². The number of thiol groups is 1. The van der Waals surface area contributed by atoms with Crippen molar-refractivity contribution in [2.75, 3.05) is 13.1 Å². The summed E-state index contributed by atoms with van der Waals surface area (Å²) < 4.78 is 66.9. The molecule has 1 aromatic carbocycles. The summed E-state index contributed by atoms with van der Waals surface area (Å²) in [4.78, 5) is 19.5. The van der Waals surface area contributed by atoms with E-state index in [1.54, 1.807) is 24.5 Å². The molecule has 7 nitrogen and oxygen atoms in total. The van der Waals surface area contributed by atoms with Crippen molar-refractivity contribution in [2.24, 2.45) is 0 Å². The predicted octanol–water partition coefficient (Wildman–Crippen LogP) is 2.82. The summed E-state index contributed by atoms with van der Waals surface area (Å²) in [7, 11) is -7.41. The van der Waals surface area contributed by atoms with E-state index < -0.39 is 26.4 Å². The minimum atomic E-state index is -5.74. The highest BCUT2D eigenvalue weighted by Gasteiger charge is 2.50. The van der Waals surface area contributed by atoms with Gasteiger partial charge in [-0.05, 0) is 73.2 Å². The minimum Gasteiger partial charge on any atom is -0.321 e. The molecule has 0 fully saturated rings. The maximum atomic E-state index is 13.7. The van der Waals surface area contributed by atoms with E-state index in [4.69, 9.17) is 0 Å². The number of alkyl halides is 3. The Kier molecular flexibility index (Phi) is 4.80. The Balaban J connectivity index is 1.82.